The molecule has 16 heavy (non-hydrogen) atoms. The van der Waals surface area contributed by atoms with Crippen molar-refractivity contribution in [2.24, 2.45) is 5.92 Å². The molecule has 1 amide bonds. The van der Waals surface area contributed by atoms with Crippen LogP contribution in [0.25, 0.3) is 0 Å². The van der Waals surface area contributed by atoms with Crippen molar-refractivity contribution in [1.29, 1.82) is 0 Å². The Labute approximate surface area is 99.2 Å². The maximum absolute atomic E-state index is 11.5. The molecule has 1 N–H and O–H groups in total. The second kappa shape index (κ2) is 6.40. The minimum Gasteiger partial charge on any atom is -0.384 e. The fourth-order valence-corrected chi connectivity index (χ4v) is 1.41. The van der Waals surface area contributed by atoms with Crippen molar-refractivity contribution in [3.05, 3.63) is 17.5 Å². The highest BCUT2D eigenvalue weighted by atomic mass is 35.5. The van der Waals surface area contributed by atoms with E-state index < -0.39 is 0 Å². The van der Waals surface area contributed by atoms with Crippen molar-refractivity contribution in [2.75, 3.05) is 19.0 Å². The zero-order valence-electron chi connectivity index (χ0n) is 9.24. The Bertz CT molecular complexity index is 360. The molecule has 0 bridgehead atoms. The fourth-order valence-electron chi connectivity index (χ4n) is 1.26. The average molecular weight is 244 g/mol. The van der Waals surface area contributed by atoms with Crippen LogP contribution in [-0.2, 0) is 9.53 Å². The van der Waals surface area contributed by atoms with Crippen molar-refractivity contribution in [3.8, 4) is 0 Å². The summed E-state index contributed by atoms with van der Waals surface area (Å²) in [7, 11) is 1.61. The maximum Gasteiger partial charge on any atom is 0.225 e. The molecule has 1 unspecified atom stereocenters. The Kier molecular flexibility index (Phi) is 5.14. The highest BCUT2D eigenvalue weighted by Gasteiger charge is 2.09. The van der Waals surface area contributed by atoms with Gasteiger partial charge in [0.1, 0.15) is 5.82 Å². The molecule has 1 atom stereocenters. The molecular weight excluding hydrogens is 230 g/mol. The van der Waals surface area contributed by atoms with Crippen LogP contribution in [0.1, 0.15) is 13.3 Å². The number of nitrogens with one attached hydrogen (secondary N) is 1. The molecule has 0 fully saturated rings. The third-order valence-electron chi connectivity index (χ3n) is 1.88. The van der Waals surface area contributed by atoms with Gasteiger partial charge >= 0.3 is 0 Å². The van der Waals surface area contributed by atoms with Crippen molar-refractivity contribution in [1.82, 2.24) is 9.97 Å². The minimum absolute atomic E-state index is 0.112. The standard InChI is InChI=1S/C10H14ClN3O2/c1-7(6-16-2)5-9(15)13-8-3-4-12-10(11)14-8/h3-4,7H,5-6H2,1-2H3,(H,12,13,14,15). The monoisotopic (exact) mass is 243 g/mol. The van der Waals surface area contributed by atoms with Crippen LogP contribution in [0.4, 0.5) is 5.82 Å². The van der Waals surface area contributed by atoms with E-state index in [-0.39, 0.29) is 17.1 Å². The lowest BCUT2D eigenvalue weighted by molar-refractivity contribution is -0.117. The van der Waals surface area contributed by atoms with Crippen LogP contribution in [0.5, 0.6) is 0 Å². The molecular formula is C10H14ClN3O2. The van der Waals surface area contributed by atoms with E-state index in [1.807, 2.05) is 6.92 Å². The Morgan fingerprint density at radius 3 is 3.06 bits per heavy atom. The molecule has 1 aromatic rings. The number of rotatable bonds is 5. The van der Waals surface area contributed by atoms with Gasteiger partial charge < -0.3 is 10.1 Å². The van der Waals surface area contributed by atoms with Crippen LogP contribution in [0.2, 0.25) is 5.28 Å². The smallest absolute Gasteiger partial charge is 0.225 e. The maximum atomic E-state index is 11.5. The van der Waals surface area contributed by atoms with Gasteiger partial charge in [0.2, 0.25) is 11.2 Å². The second-order valence-electron chi connectivity index (χ2n) is 3.52. The van der Waals surface area contributed by atoms with Gasteiger partial charge in [-0.1, -0.05) is 6.92 Å². The first-order chi connectivity index (χ1) is 7.61. The fraction of sp³-hybridized carbons (Fsp3) is 0.500. The number of anilines is 1. The van der Waals surface area contributed by atoms with Crippen LogP contribution in [-0.4, -0.2) is 29.6 Å². The van der Waals surface area contributed by atoms with Crippen molar-refractivity contribution < 1.29 is 9.53 Å². The van der Waals surface area contributed by atoms with E-state index in [0.717, 1.165) is 0 Å². The number of halogens is 1. The van der Waals surface area contributed by atoms with Gasteiger partial charge in [0.25, 0.3) is 0 Å². The van der Waals surface area contributed by atoms with Gasteiger partial charge in [0, 0.05) is 26.3 Å². The molecule has 0 saturated heterocycles. The summed E-state index contributed by atoms with van der Waals surface area (Å²) in [5.41, 5.74) is 0. The number of hydrogen-bond donors (Lipinski definition) is 1. The van der Waals surface area contributed by atoms with Gasteiger partial charge in [0.05, 0.1) is 0 Å². The molecule has 0 aromatic carbocycles. The molecule has 0 spiro atoms. The Hall–Kier alpha value is -1.20. The lowest BCUT2D eigenvalue weighted by Crippen LogP contribution is -2.18. The zero-order chi connectivity index (χ0) is 12.0. The minimum atomic E-state index is -0.112. The van der Waals surface area contributed by atoms with Crippen LogP contribution in [0, 0.1) is 5.92 Å². The molecule has 0 radical (unpaired) electrons. The van der Waals surface area contributed by atoms with Gasteiger partial charge in [-0.25, -0.2) is 9.97 Å². The highest BCUT2D eigenvalue weighted by Crippen LogP contribution is 2.08. The van der Waals surface area contributed by atoms with E-state index in [1.165, 1.54) is 6.20 Å². The largest absolute Gasteiger partial charge is 0.384 e. The summed E-state index contributed by atoms with van der Waals surface area (Å²) in [6.45, 7) is 2.49. The van der Waals surface area contributed by atoms with Crippen LogP contribution >= 0.6 is 11.6 Å². The van der Waals surface area contributed by atoms with Gasteiger partial charge in [-0.2, -0.15) is 0 Å². The number of aromatic nitrogens is 2. The third kappa shape index (κ3) is 4.55. The quantitative estimate of drug-likeness (QED) is 0.800. The summed E-state index contributed by atoms with van der Waals surface area (Å²) < 4.78 is 4.95. The van der Waals surface area contributed by atoms with Gasteiger partial charge in [-0.3, -0.25) is 4.79 Å². The number of amides is 1. The van der Waals surface area contributed by atoms with Crippen LogP contribution < -0.4 is 5.32 Å². The predicted molar refractivity (Wildman–Crippen MR) is 61.3 cm³/mol. The molecule has 0 aliphatic carbocycles. The van der Waals surface area contributed by atoms with Gasteiger partial charge in [0.15, 0.2) is 0 Å². The summed E-state index contributed by atoms with van der Waals surface area (Å²) in [6.07, 6.45) is 1.87. The third-order valence-corrected chi connectivity index (χ3v) is 2.06. The summed E-state index contributed by atoms with van der Waals surface area (Å²) in [4.78, 5) is 19.1. The molecule has 0 aliphatic heterocycles. The van der Waals surface area contributed by atoms with Crippen molar-refractivity contribution >= 4 is 23.3 Å². The first kappa shape index (κ1) is 12.9. The molecule has 6 heteroatoms. The van der Waals surface area contributed by atoms with Gasteiger partial charge in [-0.15, -0.1) is 0 Å². The average Bonchev–Trinajstić information content (AvgIpc) is 2.17. The zero-order valence-corrected chi connectivity index (χ0v) is 9.99. The summed E-state index contributed by atoms with van der Waals surface area (Å²) in [5.74, 6) is 0.469. The second-order valence-corrected chi connectivity index (χ2v) is 3.86. The molecule has 1 rings (SSSR count). The van der Waals surface area contributed by atoms with Crippen molar-refractivity contribution in [3.63, 3.8) is 0 Å². The first-order valence-electron chi connectivity index (χ1n) is 4.89. The summed E-state index contributed by atoms with van der Waals surface area (Å²) in [5, 5.41) is 2.76. The number of carbonyl (C=O) groups excluding carboxylic acids is 1. The van der Waals surface area contributed by atoms with E-state index >= 15 is 0 Å². The lowest BCUT2D eigenvalue weighted by atomic mass is 10.1. The summed E-state index contributed by atoms with van der Waals surface area (Å²) >= 11 is 5.59. The molecule has 0 aliphatic rings. The molecule has 88 valence electrons. The highest BCUT2D eigenvalue weighted by molar-refractivity contribution is 6.28. The molecule has 5 nitrogen and oxygen atoms in total. The number of methoxy groups -OCH3 is 1. The Balaban J connectivity index is 2.45. The van der Waals surface area contributed by atoms with Gasteiger partial charge in [-0.05, 0) is 23.6 Å². The molecule has 0 saturated carbocycles. The predicted octanol–water partition coefficient (Wildman–Crippen LogP) is 1.74. The summed E-state index contributed by atoms with van der Waals surface area (Å²) in [6, 6.07) is 1.59. The SMILES string of the molecule is COCC(C)CC(=O)Nc1ccnc(Cl)n1. The van der Waals surface area contributed by atoms with E-state index in [2.05, 4.69) is 15.3 Å². The number of hydrogen-bond acceptors (Lipinski definition) is 4. The molecule has 1 heterocycles. The number of nitrogens with zero attached hydrogens (tertiary/aromatic N) is 2. The van der Waals surface area contributed by atoms with E-state index in [9.17, 15) is 4.79 Å². The number of ether oxygens (including phenoxy) is 1. The normalized spacial score (nSPS) is 12.2. The van der Waals surface area contributed by atoms with Crippen LogP contribution in [0.15, 0.2) is 12.3 Å². The van der Waals surface area contributed by atoms with E-state index in [0.29, 0.717) is 18.8 Å². The van der Waals surface area contributed by atoms with Crippen LogP contribution in [0.3, 0.4) is 0 Å². The Morgan fingerprint density at radius 2 is 2.44 bits per heavy atom. The van der Waals surface area contributed by atoms with E-state index in [1.54, 1.807) is 13.2 Å². The van der Waals surface area contributed by atoms with Crippen molar-refractivity contribution in [2.45, 2.75) is 13.3 Å². The first-order valence-corrected chi connectivity index (χ1v) is 5.27. The lowest BCUT2D eigenvalue weighted by Gasteiger charge is -2.09. The number of carbonyl (C=O) groups is 1. The molecule has 1 aromatic heterocycles. The Morgan fingerprint density at radius 1 is 1.69 bits per heavy atom. The van der Waals surface area contributed by atoms with E-state index in [4.69, 9.17) is 16.3 Å². The topological polar surface area (TPSA) is 64.1 Å².